The van der Waals surface area contributed by atoms with E-state index in [0.717, 1.165) is 0 Å². The molecule has 0 unspecified atom stereocenters. The van der Waals surface area contributed by atoms with Gasteiger partial charge >= 0.3 is 5.97 Å². The van der Waals surface area contributed by atoms with Gasteiger partial charge < -0.3 is 5.11 Å². The summed E-state index contributed by atoms with van der Waals surface area (Å²) >= 11 is 11.8. The van der Waals surface area contributed by atoms with Crippen LogP contribution >= 0.6 is 23.2 Å². The average molecular weight is 581 g/mol. The number of nitrogens with zero attached hydrogens (tertiary/aromatic N) is 1. The molecule has 3 aromatic rings. The van der Waals surface area contributed by atoms with Gasteiger partial charge in [-0.3, -0.25) is 0 Å². The number of halogens is 2. The van der Waals surface area contributed by atoms with Crippen LogP contribution in [0.5, 0.6) is 0 Å². The van der Waals surface area contributed by atoms with Crippen LogP contribution in [0.4, 0.5) is 0 Å². The summed E-state index contributed by atoms with van der Waals surface area (Å²) in [7, 11) is -7.92. The van der Waals surface area contributed by atoms with Crippen LogP contribution in [-0.4, -0.2) is 50.8 Å². The summed E-state index contributed by atoms with van der Waals surface area (Å²) in [6, 6.07) is 16.1. The maximum absolute atomic E-state index is 13.5. The number of carboxylic acid groups (broad SMARTS) is 1. The second-order valence-electron chi connectivity index (χ2n) is 8.39. The van der Waals surface area contributed by atoms with Crippen molar-refractivity contribution in [1.29, 1.82) is 0 Å². The topological polar surface area (TPSA) is 121 Å². The molecule has 0 saturated carbocycles. The number of hydrogen-bond acceptors (Lipinski definition) is 5. The van der Waals surface area contributed by atoms with Gasteiger partial charge in [0.05, 0.1) is 15.4 Å². The van der Waals surface area contributed by atoms with Gasteiger partial charge in [-0.15, -0.1) is 0 Å². The summed E-state index contributed by atoms with van der Waals surface area (Å²) in [5.41, 5.74) is 0.792. The fourth-order valence-electron chi connectivity index (χ4n) is 3.97. The van der Waals surface area contributed by atoms with E-state index >= 15 is 0 Å². The Morgan fingerprint density at radius 1 is 0.865 bits per heavy atom. The van der Waals surface area contributed by atoms with Gasteiger partial charge in [-0.1, -0.05) is 47.5 Å². The molecule has 8 nitrogen and oxygen atoms in total. The van der Waals surface area contributed by atoms with Crippen molar-refractivity contribution in [2.75, 3.05) is 6.54 Å². The van der Waals surface area contributed by atoms with Gasteiger partial charge in [-0.25, -0.2) is 26.4 Å². The second-order valence-corrected chi connectivity index (χ2v) is 12.9. The van der Waals surface area contributed by atoms with Crippen molar-refractivity contribution >= 4 is 55.3 Å². The first kappa shape index (κ1) is 27.3. The van der Waals surface area contributed by atoms with Gasteiger partial charge in [0.15, 0.2) is 0 Å². The Morgan fingerprint density at radius 2 is 1.41 bits per heavy atom. The SMILES string of the molecule is O=C(O)c1ccc(/C=C/[C@@H]2C[C@@H](NS(=O)(=O)c3ccc(Cl)cc3)CN2S(=O)(=O)c2ccc(Cl)cc2)cc1. The Hall–Kier alpha value is -2.73. The standard InChI is InChI=1S/C25H22Cl2N2O6S2/c26-19-6-11-23(12-7-19)36(32,33)28-21-15-22(10-3-17-1-4-18(5-2-17)25(30)31)29(16-21)37(34,35)24-13-8-20(27)9-14-24/h1-14,21-22,28H,15-16H2,(H,30,31)/b10-3+/t21-,22-/m1/s1. The molecule has 4 rings (SSSR count). The number of aromatic carboxylic acids is 1. The lowest BCUT2D eigenvalue weighted by atomic mass is 10.1. The number of carbonyl (C=O) groups is 1. The van der Waals surface area contributed by atoms with Crippen LogP contribution < -0.4 is 4.72 Å². The number of nitrogens with one attached hydrogen (secondary N) is 1. The fourth-order valence-corrected chi connectivity index (χ4v) is 7.11. The van der Waals surface area contributed by atoms with Crippen molar-refractivity contribution in [3.63, 3.8) is 0 Å². The minimum atomic E-state index is -3.99. The third kappa shape index (κ3) is 6.40. The predicted octanol–water partition coefficient (Wildman–Crippen LogP) is 4.52. The Labute approximate surface area is 225 Å². The lowest BCUT2D eigenvalue weighted by Gasteiger charge is -2.22. The van der Waals surface area contributed by atoms with Crippen LogP contribution in [-0.2, 0) is 20.0 Å². The lowest BCUT2D eigenvalue weighted by molar-refractivity contribution is 0.0697. The van der Waals surface area contributed by atoms with E-state index < -0.39 is 38.1 Å². The molecule has 12 heteroatoms. The van der Waals surface area contributed by atoms with Gasteiger partial charge in [-0.2, -0.15) is 4.31 Å². The highest BCUT2D eigenvalue weighted by atomic mass is 35.5. The third-order valence-electron chi connectivity index (χ3n) is 5.83. The average Bonchev–Trinajstić information content (AvgIpc) is 3.26. The van der Waals surface area contributed by atoms with Crippen LogP contribution in [0.1, 0.15) is 22.3 Å². The monoisotopic (exact) mass is 580 g/mol. The van der Waals surface area contributed by atoms with Crippen molar-refractivity contribution in [1.82, 2.24) is 9.03 Å². The van der Waals surface area contributed by atoms with Crippen LogP contribution in [0.15, 0.2) is 88.7 Å². The fraction of sp³-hybridized carbons (Fsp3) is 0.160. The molecule has 0 bridgehead atoms. The molecular weight excluding hydrogens is 559 g/mol. The molecule has 1 heterocycles. The van der Waals surface area contributed by atoms with E-state index in [4.69, 9.17) is 28.3 Å². The second kappa shape index (κ2) is 10.9. The van der Waals surface area contributed by atoms with Crippen molar-refractivity contribution in [2.45, 2.75) is 28.3 Å². The number of hydrogen-bond donors (Lipinski definition) is 2. The first-order chi connectivity index (χ1) is 17.5. The molecular formula is C25H22Cl2N2O6S2. The minimum absolute atomic E-state index is 0.0153. The highest BCUT2D eigenvalue weighted by molar-refractivity contribution is 7.89. The summed E-state index contributed by atoms with van der Waals surface area (Å²) in [5, 5.41) is 9.86. The summed E-state index contributed by atoms with van der Waals surface area (Å²) in [5.74, 6) is -1.05. The Balaban J connectivity index is 1.62. The van der Waals surface area contributed by atoms with Crippen LogP contribution in [0.3, 0.4) is 0 Å². The first-order valence-corrected chi connectivity index (χ1v) is 14.7. The third-order valence-corrected chi connectivity index (χ3v) is 9.78. The zero-order chi connectivity index (χ0) is 26.8. The number of rotatable bonds is 8. The molecule has 3 aromatic carbocycles. The molecule has 0 radical (unpaired) electrons. The van der Waals surface area contributed by atoms with E-state index in [0.29, 0.717) is 15.6 Å². The van der Waals surface area contributed by atoms with Gasteiger partial charge in [0.25, 0.3) is 0 Å². The molecule has 0 aliphatic carbocycles. The summed E-state index contributed by atoms with van der Waals surface area (Å²) < 4.78 is 56.7. The van der Waals surface area contributed by atoms with E-state index in [1.807, 2.05) is 0 Å². The molecule has 1 saturated heterocycles. The first-order valence-electron chi connectivity index (χ1n) is 11.0. The van der Waals surface area contributed by atoms with E-state index in [9.17, 15) is 21.6 Å². The molecule has 0 spiro atoms. The largest absolute Gasteiger partial charge is 0.478 e. The summed E-state index contributed by atoms with van der Waals surface area (Å²) in [4.78, 5) is 11.1. The highest BCUT2D eigenvalue weighted by Gasteiger charge is 2.40. The normalized spacial score (nSPS) is 18.9. The maximum atomic E-state index is 13.5. The Morgan fingerprint density at radius 3 is 1.95 bits per heavy atom. The maximum Gasteiger partial charge on any atom is 0.335 e. The number of benzene rings is 3. The molecule has 194 valence electrons. The molecule has 2 N–H and O–H groups in total. The highest BCUT2D eigenvalue weighted by Crippen LogP contribution is 2.29. The minimum Gasteiger partial charge on any atom is -0.478 e. The van der Waals surface area contributed by atoms with Crippen molar-refractivity contribution in [3.8, 4) is 0 Å². The number of sulfonamides is 2. The molecule has 37 heavy (non-hydrogen) atoms. The molecule has 1 aliphatic rings. The van der Waals surface area contributed by atoms with Crippen molar-refractivity contribution in [2.24, 2.45) is 0 Å². The Kier molecular flexibility index (Phi) is 8.08. The van der Waals surface area contributed by atoms with Crippen LogP contribution in [0.2, 0.25) is 10.0 Å². The molecule has 2 atom stereocenters. The predicted molar refractivity (Wildman–Crippen MR) is 142 cm³/mol. The molecule has 0 aromatic heterocycles. The van der Waals surface area contributed by atoms with Gasteiger partial charge in [0.1, 0.15) is 0 Å². The van der Waals surface area contributed by atoms with E-state index in [1.54, 1.807) is 24.3 Å². The van der Waals surface area contributed by atoms with E-state index in [1.165, 1.54) is 65.0 Å². The van der Waals surface area contributed by atoms with Crippen LogP contribution in [0, 0.1) is 0 Å². The van der Waals surface area contributed by atoms with Crippen molar-refractivity contribution in [3.05, 3.63) is 100 Å². The summed E-state index contributed by atoms with van der Waals surface area (Å²) in [6.45, 7) is -0.0925. The molecule has 1 aliphatic heterocycles. The quantitative estimate of drug-likeness (QED) is 0.404. The smallest absolute Gasteiger partial charge is 0.335 e. The lowest BCUT2D eigenvalue weighted by Crippen LogP contribution is -2.39. The zero-order valence-corrected chi connectivity index (χ0v) is 22.3. The van der Waals surface area contributed by atoms with Gasteiger partial charge in [0, 0.05) is 28.7 Å². The van der Waals surface area contributed by atoms with E-state index in [-0.39, 0.29) is 28.3 Å². The number of carboxylic acids is 1. The van der Waals surface area contributed by atoms with Crippen LogP contribution in [0.25, 0.3) is 6.08 Å². The Bertz CT molecular complexity index is 1520. The van der Waals surface area contributed by atoms with E-state index in [2.05, 4.69) is 4.72 Å². The zero-order valence-electron chi connectivity index (χ0n) is 19.2. The molecule has 0 amide bonds. The van der Waals surface area contributed by atoms with Gasteiger partial charge in [0.2, 0.25) is 20.0 Å². The van der Waals surface area contributed by atoms with Crippen molar-refractivity contribution < 1.29 is 26.7 Å². The van der Waals surface area contributed by atoms with Gasteiger partial charge in [-0.05, 0) is 72.6 Å². The molecule has 1 fully saturated rings. The summed E-state index contributed by atoms with van der Waals surface area (Å²) in [6.07, 6.45) is 3.53.